The molecule has 0 amide bonds. The maximum Gasteiger partial charge on any atom is 0.209 e. The molecular weight excluding hydrogens is 126 g/mol. The molecule has 1 aliphatic carbocycles. The first-order valence-electron chi connectivity index (χ1n) is 3.33. The summed E-state index contributed by atoms with van der Waals surface area (Å²) in [6.45, 7) is 0. The van der Waals surface area contributed by atoms with Crippen molar-refractivity contribution in [3.8, 4) is 12.3 Å². The van der Waals surface area contributed by atoms with Gasteiger partial charge in [-0.3, -0.25) is 0 Å². The first-order valence-corrected chi connectivity index (χ1v) is 3.33. The van der Waals surface area contributed by atoms with Crippen LogP contribution in [0.15, 0.2) is 10.6 Å². The maximum atomic E-state index is 5.10. The monoisotopic (exact) mass is 133 g/mol. The standard InChI is InChI=1S/C8H7NO/c1-2-7-5-8(9-10-7)6-3-4-6/h1,5-6H,3-4H2. The van der Waals surface area contributed by atoms with E-state index in [1.54, 1.807) is 0 Å². The van der Waals surface area contributed by atoms with Crippen LogP contribution < -0.4 is 0 Å². The Labute approximate surface area is 59.2 Å². The number of rotatable bonds is 1. The topological polar surface area (TPSA) is 26.0 Å². The van der Waals surface area contributed by atoms with Gasteiger partial charge in [0, 0.05) is 12.0 Å². The zero-order valence-corrected chi connectivity index (χ0v) is 5.50. The summed E-state index contributed by atoms with van der Waals surface area (Å²) in [7, 11) is 0. The number of aromatic nitrogens is 1. The molecule has 10 heavy (non-hydrogen) atoms. The molecule has 1 fully saturated rings. The van der Waals surface area contributed by atoms with E-state index >= 15 is 0 Å². The van der Waals surface area contributed by atoms with E-state index in [-0.39, 0.29) is 0 Å². The summed E-state index contributed by atoms with van der Waals surface area (Å²) >= 11 is 0. The molecule has 0 radical (unpaired) electrons. The van der Waals surface area contributed by atoms with E-state index in [4.69, 9.17) is 10.9 Å². The van der Waals surface area contributed by atoms with E-state index in [1.807, 2.05) is 6.07 Å². The molecule has 1 saturated carbocycles. The third-order valence-corrected chi connectivity index (χ3v) is 1.67. The molecule has 0 aromatic carbocycles. The lowest BCUT2D eigenvalue weighted by atomic mass is 10.3. The Balaban J connectivity index is 2.29. The van der Waals surface area contributed by atoms with Crippen molar-refractivity contribution in [1.29, 1.82) is 0 Å². The Morgan fingerprint density at radius 1 is 1.70 bits per heavy atom. The average Bonchev–Trinajstić information content (AvgIpc) is 2.70. The summed E-state index contributed by atoms with van der Waals surface area (Å²) in [5.41, 5.74) is 1.02. The molecule has 50 valence electrons. The van der Waals surface area contributed by atoms with Gasteiger partial charge in [-0.25, -0.2) is 0 Å². The quantitative estimate of drug-likeness (QED) is 0.543. The minimum Gasteiger partial charge on any atom is -0.347 e. The molecule has 0 atom stereocenters. The lowest BCUT2D eigenvalue weighted by molar-refractivity contribution is 0.403. The molecule has 1 heterocycles. The zero-order valence-electron chi connectivity index (χ0n) is 5.50. The smallest absolute Gasteiger partial charge is 0.209 e. The van der Waals surface area contributed by atoms with E-state index in [1.165, 1.54) is 12.8 Å². The van der Waals surface area contributed by atoms with Crippen LogP contribution >= 0.6 is 0 Å². The number of terminal acetylenes is 1. The molecule has 0 saturated heterocycles. The minimum atomic E-state index is 0.543. The van der Waals surface area contributed by atoms with E-state index in [9.17, 15) is 0 Å². The van der Waals surface area contributed by atoms with E-state index in [2.05, 4.69) is 11.1 Å². The molecular formula is C8H7NO. The van der Waals surface area contributed by atoms with Crippen LogP contribution in [-0.4, -0.2) is 5.16 Å². The molecule has 1 aliphatic rings. The van der Waals surface area contributed by atoms with Crippen molar-refractivity contribution in [2.75, 3.05) is 0 Å². The van der Waals surface area contributed by atoms with Crippen molar-refractivity contribution in [2.24, 2.45) is 0 Å². The molecule has 0 spiro atoms. The van der Waals surface area contributed by atoms with Crippen LogP contribution in [-0.2, 0) is 0 Å². The van der Waals surface area contributed by atoms with Gasteiger partial charge in [0.1, 0.15) is 0 Å². The molecule has 0 N–H and O–H groups in total. The fourth-order valence-corrected chi connectivity index (χ4v) is 0.928. The van der Waals surface area contributed by atoms with Crippen molar-refractivity contribution in [2.45, 2.75) is 18.8 Å². The molecule has 1 aromatic heterocycles. The summed E-state index contributed by atoms with van der Waals surface area (Å²) in [4.78, 5) is 0. The van der Waals surface area contributed by atoms with E-state index in [0.29, 0.717) is 11.7 Å². The lowest BCUT2D eigenvalue weighted by Crippen LogP contribution is -1.73. The Morgan fingerprint density at radius 2 is 2.50 bits per heavy atom. The Kier molecular flexibility index (Phi) is 1.04. The predicted molar refractivity (Wildman–Crippen MR) is 36.4 cm³/mol. The molecule has 1 aromatic rings. The van der Waals surface area contributed by atoms with Crippen molar-refractivity contribution in [3.63, 3.8) is 0 Å². The molecule has 0 bridgehead atoms. The normalized spacial score (nSPS) is 16.7. The van der Waals surface area contributed by atoms with Crippen molar-refractivity contribution < 1.29 is 4.52 Å². The summed E-state index contributed by atoms with van der Waals surface area (Å²) in [5, 5.41) is 3.83. The summed E-state index contributed by atoms with van der Waals surface area (Å²) < 4.78 is 4.83. The van der Waals surface area contributed by atoms with E-state index in [0.717, 1.165) is 5.69 Å². The summed E-state index contributed by atoms with van der Waals surface area (Å²) in [6, 6.07) is 1.84. The van der Waals surface area contributed by atoms with Gasteiger partial charge in [-0.1, -0.05) is 5.16 Å². The van der Waals surface area contributed by atoms with Gasteiger partial charge in [0.25, 0.3) is 0 Å². The van der Waals surface area contributed by atoms with E-state index < -0.39 is 0 Å². The Morgan fingerprint density at radius 3 is 3.00 bits per heavy atom. The van der Waals surface area contributed by atoms with Crippen molar-refractivity contribution in [3.05, 3.63) is 17.5 Å². The van der Waals surface area contributed by atoms with Crippen LogP contribution in [0, 0.1) is 12.3 Å². The maximum absolute atomic E-state index is 5.10. The van der Waals surface area contributed by atoms with Crippen molar-refractivity contribution >= 4 is 0 Å². The fraction of sp³-hybridized carbons (Fsp3) is 0.375. The Hall–Kier alpha value is -1.23. The fourth-order valence-electron chi connectivity index (χ4n) is 0.928. The number of hydrogen-bond donors (Lipinski definition) is 0. The molecule has 0 aliphatic heterocycles. The largest absolute Gasteiger partial charge is 0.347 e. The number of nitrogens with zero attached hydrogens (tertiary/aromatic N) is 1. The highest BCUT2D eigenvalue weighted by atomic mass is 16.5. The van der Waals surface area contributed by atoms with Gasteiger partial charge in [0.05, 0.1) is 5.69 Å². The number of hydrogen-bond acceptors (Lipinski definition) is 2. The molecule has 2 heteroatoms. The second-order valence-corrected chi connectivity index (χ2v) is 2.53. The minimum absolute atomic E-state index is 0.543. The molecule has 2 nitrogen and oxygen atoms in total. The molecule has 0 unspecified atom stereocenters. The van der Waals surface area contributed by atoms with Crippen LogP contribution in [0.4, 0.5) is 0 Å². The van der Waals surface area contributed by atoms with Gasteiger partial charge < -0.3 is 4.52 Å². The van der Waals surface area contributed by atoms with Crippen LogP contribution in [0.25, 0.3) is 0 Å². The van der Waals surface area contributed by atoms with Gasteiger partial charge in [-0.2, -0.15) is 0 Å². The second kappa shape index (κ2) is 1.88. The van der Waals surface area contributed by atoms with Crippen LogP contribution in [0.2, 0.25) is 0 Å². The predicted octanol–water partition coefficient (Wildman–Crippen LogP) is 1.53. The van der Waals surface area contributed by atoms with Crippen LogP contribution in [0.1, 0.15) is 30.2 Å². The lowest BCUT2D eigenvalue weighted by Gasteiger charge is -1.78. The first-order chi connectivity index (χ1) is 4.90. The Bertz CT molecular complexity index is 278. The third-order valence-electron chi connectivity index (χ3n) is 1.67. The highest BCUT2D eigenvalue weighted by Gasteiger charge is 2.26. The second-order valence-electron chi connectivity index (χ2n) is 2.53. The van der Waals surface area contributed by atoms with Gasteiger partial charge in [0.15, 0.2) is 0 Å². The van der Waals surface area contributed by atoms with Crippen LogP contribution in [0.3, 0.4) is 0 Å². The first kappa shape index (κ1) is 5.55. The summed E-state index contributed by atoms with van der Waals surface area (Å²) in [6.07, 6.45) is 7.57. The SMILES string of the molecule is C#Cc1cc(C2CC2)no1. The highest BCUT2D eigenvalue weighted by Crippen LogP contribution is 2.39. The van der Waals surface area contributed by atoms with Crippen LogP contribution in [0.5, 0.6) is 0 Å². The van der Waals surface area contributed by atoms with Gasteiger partial charge >= 0.3 is 0 Å². The van der Waals surface area contributed by atoms with Gasteiger partial charge in [-0.15, -0.1) is 6.42 Å². The zero-order chi connectivity index (χ0) is 6.97. The van der Waals surface area contributed by atoms with Crippen molar-refractivity contribution in [1.82, 2.24) is 5.16 Å². The highest BCUT2D eigenvalue weighted by molar-refractivity contribution is 5.25. The average molecular weight is 133 g/mol. The third kappa shape index (κ3) is 0.801. The summed E-state index contributed by atoms with van der Waals surface area (Å²) in [5.74, 6) is 3.57. The molecule has 2 rings (SSSR count). The van der Waals surface area contributed by atoms with Gasteiger partial charge in [0.2, 0.25) is 5.76 Å². The van der Waals surface area contributed by atoms with Gasteiger partial charge in [-0.05, 0) is 18.8 Å².